The Morgan fingerprint density at radius 2 is 1.00 bits per heavy atom. The van der Waals surface area contributed by atoms with E-state index in [4.69, 9.17) is 0 Å². The van der Waals surface area contributed by atoms with Crippen molar-refractivity contribution in [3.63, 3.8) is 0 Å². The maximum Gasteiger partial charge on any atom is -0.0359 e. The summed E-state index contributed by atoms with van der Waals surface area (Å²) in [6.07, 6.45) is 14.4. The van der Waals surface area contributed by atoms with Crippen LogP contribution in [0.3, 0.4) is 0 Å². The Morgan fingerprint density at radius 3 is 1.16 bits per heavy atom. The zero-order valence-corrected chi connectivity index (χ0v) is 14.7. The second-order valence-corrected chi connectivity index (χ2v) is 7.34. The Morgan fingerprint density at radius 1 is 0.684 bits per heavy atom. The van der Waals surface area contributed by atoms with Crippen LogP contribution in [0.1, 0.15) is 106 Å². The normalized spacial score (nSPS) is 23.7. The predicted octanol–water partition coefficient (Wildman–Crippen LogP) is 7.23. The molecule has 0 nitrogen and oxygen atoms in total. The van der Waals surface area contributed by atoms with E-state index in [1.54, 1.807) is 0 Å². The van der Waals surface area contributed by atoms with Gasteiger partial charge in [-0.3, -0.25) is 0 Å². The van der Waals surface area contributed by atoms with Crippen molar-refractivity contribution < 1.29 is 0 Å². The van der Waals surface area contributed by atoms with Crippen LogP contribution in [0.5, 0.6) is 0 Å². The van der Waals surface area contributed by atoms with Gasteiger partial charge in [-0.25, -0.2) is 0 Å². The van der Waals surface area contributed by atoms with Gasteiger partial charge in [-0.1, -0.05) is 106 Å². The van der Waals surface area contributed by atoms with Crippen molar-refractivity contribution in [3.8, 4) is 0 Å². The van der Waals surface area contributed by atoms with Crippen molar-refractivity contribution in [1.82, 2.24) is 0 Å². The summed E-state index contributed by atoms with van der Waals surface area (Å²) >= 11 is 0. The summed E-state index contributed by atoms with van der Waals surface area (Å²) in [7, 11) is 0. The SMILES string of the molecule is CCC(C)(C)CC.CCCC1CCC(CCC)CC1. The number of hydrogen-bond donors (Lipinski definition) is 0. The fourth-order valence-corrected chi connectivity index (χ4v) is 2.88. The van der Waals surface area contributed by atoms with Gasteiger partial charge < -0.3 is 0 Å². The van der Waals surface area contributed by atoms with Gasteiger partial charge in [0, 0.05) is 0 Å². The van der Waals surface area contributed by atoms with Crippen molar-refractivity contribution in [2.24, 2.45) is 17.3 Å². The van der Waals surface area contributed by atoms with Crippen molar-refractivity contribution in [2.45, 2.75) is 106 Å². The summed E-state index contributed by atoms with van der Waals surface area (Å²) in [5.41, 5.74) is 0.583. The summed E-state index contributed by atoms with van der Waals surface area (Å²) in [4.78, 5) is 0. The molecule has 0 spiro atoms. The molecule has 0 aromatic carbocycles. The molecule has 0 aromatic heterocycles. The van der Waals surface area contributed by atoms with E-state index in [9.17, 15) is 0 Å². The maximum absolute atomic E-state index is 2.32. The predicted molar refractivity (Wildman–Crippen MR) is 89.6 cm³/mol. The standard InChI is InChI=1S/C12H24.C7H16/c1-3-5-11-7-9-12(6-4-2)10-8-11;1-5-7(3,4)6-2/h11-12H,3-10H2,1-2H3;5-6H2,1-4H3. The Balaban J connectivity index is 0.000000399. The highest BCUT2D eigenvalue weighted by atomic mass is 14.2. The molecule has 19 heavy (non-hydrogen) atoms. The van der Waals surface area contributed by atoms with Crippen LogP contribution in [0, 0.1) is 17.3 Å². The highest BCUT2D eigenvalue weighted by Crippen LogP contribution is 2.33. The van der Waals surface area contributed by atoms with Gasteiger partial charge in [0.1, 0.15) is 0 Å². The van der Waals surface area contributed by atoms with E-state index in [1.165, 1.54) is 64.2 Å². The summed E-state index contributed by atoms with van der Waals surface area (Å²) < 4.78 is 0. The Hall–Kier alpha value is 0. The van der Waals surface area contributed by atoms with E-state index in [-0.39, 0.29) is 0 Å². The molecule has 0 aromatic rings. The highest BCUT2D eigenvalue weighted by molar-refractivity contribution is 4.71. The molecule has 1 saturated carbocycles. The first kappa shape index (κ1) is 19.0. The second-order valence-electron chi connectivity index (χ2n) is 7.34. The van der Waals surface area contributed by atoms with Gasteiger partial charge in [-0.2, -0.15) is 0 Å². The Labute approximate surface area is 123 Å². The molecule has 0 bridgehead atoms. The molecule has 1 rings (SSSR count). The third kappa shape index (κ3) is 9.52. The van der Waals surface area contributed by atoms with E-state index in [0.717, 1.165) is 11.8 Å². The van der Waals surface area contributed by atoms with Gasteiger partial charge in [-0.15, -0.1) is 0 Å². The molecular weight excluding hydrogens is 228 g/mol. The lowest BCUT2D eigenvalue weighted by Crippen LogP contribution is -2.14. The first-order valence-electron chi connectivity index (χ1n) is 8.99. The lowest BCUT2D eigenvalue weighted by molar-refractivity contribution is 0.251. The summed E-state index contributed by atoms with van der Waals surface area (Å²) in [6.45, 7) is 13.7. The number of hydrogen-bond acceptors (Lipinski definition) is 0. The average Bonchev–Trinajstić information content (AvgIpc) is 2.42. The van der Waals surface area contributed by atoms with E-state index < -0.39 is 0 Å². The van der Waals surface area contributed by atoms with Crippen LogP contribution in [-0.2, 0) is 0 Å². The molecule has 0 amide bonds. The molecule has 0 aliphatic heterocycles. The van der Waals surface area contributed by atoms with Gasteiger partial charge in [0.2, 0.25) is 0 Å². The molecule has 0 unspecified atom stereocenters. The Kier molecular flexibility index (Phi) is 10.7. The number of rotatable bonds is 6. The molecule has 1 fully saturated rings. The van der Waals surface area contributed by atoms with Crippen molar-refractivity contribution in [3.05, 3.63) is 0 Å². The fraction of sp³-hybridized carbons (Fsp3) is 1.00. The largest absolute Gasteiger partial charge is 0.0654 e. The van der Waals surface area contributed by atoms with Crippen LogP contribution >= 0.6 is 0 Å². The zero-order valence-electron chi connectivity index (χ0n) is 14.7. The van der Waals surface area contributed by atoms with Crippen LogP contribution in [0.2, 0.25) is 0 Å². The first-order chi connectivity index (χ1) is 8.99. The molecule has 0 heterocycles. The summed E-state index contributed by atoms with van der Waals surface area (Å²) in [6, 6.07) is 0. The molecule has 0 N–H and O–H groups in total. The van der Waals surface area contributed by atoms with Crippen molar-refractivity contribution >= 4 is 0 Å². The van der Waals surface area contributed by atoms with E-state index >= 15 is 0 Å². The molecule has 0 heteroatoms. The Bertz CT molecular complexity index is 164. The minimum absolute atomic E-state index is 0.583. The van der Waals surface area contributed by atoms with Crippen molar-refractivity contribution in [2.75, 3.05) is 0 Å². The monoisotopic (exact) mass is 268 g/mol. The lowest BCUT2D eigenvalue weighted by Gasteiger charge is -2.27. The average molecular weight is 269 g/mol. The van der Waals surface area contributed by atoms with Crippen LogP contribution < -0.4 is 0 Å². The molecule has 1 aliphatic carbocycles. The first-order valence-corrected chi connectivity index (χ1v) is 8.99. The molecule has 116 valence electrons. The molecule has 1 aliphatic rings. The minimum Gasteiger partial charge on any atom is -0.0654 e. The van der Waals surface area contributed by atoms with Crippen LogP contribution in [0.4, 0.5) is 0 Å². The summed E-state index contributed by atoms with van der Waals surface area (Å²) in [5, 5.41) is 0. The minimum atomic E-state index is 0.583. The topological polar surface area (TPSA) is 0 Å². The van der Waals surface area contributed by atoms with Crippen LogP contribution in [-0.4, -0.2) is 0 Å². The van der Waals surface area contributed by atoms with Gasteiger partial charge in [-0.05, 0) is 17.3 Å². The van der Waals surface area contributed by atoms with E-state index in [2.05, 4.69) is 41.5 Å². The van der Waals surface area contributed by atoms with Gasteiger partial charge >= 0.3 is 0 Å². The molecule has 0 atom stereocenters. The van der Waals surface area contributed by atoms with E-state index in [0.29, 0.717) is 5.41 Å². The quantitative estimate of drug-likeness (QED) is 0.477. The van der Waals surface area contributed by atoms with Gasteiger partial charge in [0.05, 0.1) is 0 Å². The highest BCUT2D eigenvalue weighted by Gasteiger charge is 2.19. The zero-order chi connectivity index (χ0) is 14.7. The third-order valence-electron chi connectivity index (χ3n) is 5.27. The van der Waals surface area contributed by atoms with Gasteiger partial charge in [0.15, 0.2) is 0 Å². The third-order valence-corrected chi connectivity index (χ3v) is 5.27. The second kappa shape index (κ2) is 10.7. The van der Waals surface area contributed by atoms with Gasteiger partial charge in [0.25, 0.3) is 0 Å². The summed E-state index contributed by atoms with van der Waals surface area (Å²) in [5.74, 6) is 2.17. The fourth-order valence-electron chi connectivity index (χ4n) is 2.88. The molecule has 0 radical (unpaired) electrons. The molecular formula is C19H40. The van der Waals surface area contributed by atoms with Crippen molar-refractivity contribution in [1.29, 1.82) is 0 Å². The molecule has 0 saturated heterocycles. The maximum atomic E-state index is 2.32. The smallest absolute Gasteiger partial charge is 0.0359 e. The van der Waals surface area contributed by atoms with E-state index in [1.807, 2.05) is 0 Å². The van der Waals surface area contributed by atoms with Crippen LogP contribution in [0.25, 0.3) is 0 Å². The van der Waals surface area contributed by atoms with Crippen LogP contribution in [0.15, 0.2) is 0 Å². The lowest BCUT2D eigenvalue weighted by atomic mass is 9.78.